The zero-order chi connectivity index (χ0) is 19.8. The molecule has 4 rings (SSSR count). The number of nitrogens with one attached hydrogen (secondary N) is 1. The number of imide groups is 1. The summed E-state index contributed by atoms with van der Waals surface area (Å²) in [6, 6.07) is 13.4. The van der Waals surface area contributed by atoms with Crippen molar-refractivity contribution in [2.75, 3.05) is 10.2 Å². The fraction of sp³-hybridized carbons (Fsp3) is 0.318. The van der Waals surface area contributed by atoms with Crippen LogP contribution in [0.5, 0.6) is 0 Å². The van der Waals surface area contributed by atoms with Crippen molar-refractivity contribution in [3.8, 4) is 0 Å². The molecule has 0 aromatic heterocycles. The molecule has 2 aromatic rings. The maximum Gasteiger partial charge on any atom is 0.255 e. The topological polar surface area (TPSA) is 66.5 Å². The Labute approximate surface area is 168 Å². The van der Waals surface area contributed by atoms with Crippen LogP contribution in [-0.4, -0.2) is 17.7 Å². The molecule has 0 bridgehead atoms. The van der Waals surface area contributed by atoms with Crippen molar-refractivity contribution in [2.45, 2.75) is 26.2 Å². The minimum atomic E-state index is -0.268. The van der Waals surface area contributed by atoms with Crippen LogP contribution in [0.3, 0.4) is 0 Å². The molecule has 1 aliphatic heterocycles. The lowest BCUT2D eigenvalue weighted by Gasteiger charge is -2.25. The SMILES string of the molecule is CC1CCC2C(=O)N(c3ccc(C(=O)Nc4ccc(Cl)cc4)cc3)C(=O)C2C1. The van der Waals surface area contributed by atoms with Gasteiger partial charge in [0.05, 0.1) is 17.5 Å². The van der Waals surface area contributed by atoms with Gasteiger partial charge in [0.25, 0.3) is 5.91 Å². The molecule has 3 atom stereocenters. The molecule has 5 nitrogen and oxygen atoms in total. The molecule has 0 radical (unpaired) electrons. The zero-order valence-corrected chi connectivity index (χ0v) is 16.3. The second kappa shape index (κ2) is 7.40. The van der Waals surface area contributed by atoms with Gasteiger partial charge in [-0.2, -0.15) is 0 Å². The van der Waals surface area contributed by atoms with Crippen LogP contribution in [0.4, 0.5) is 11.4 Å². The second-order valence-corrected chi connectivity index (χ2v) is 8.09. The largest absolute Gasteiger partial charge is 0.322 e. The average Bonchev–Trinajstić information content (AvgIpc) is 2.93. The van der Waals surface area contributed by atoms with Crippen LogP contribution in [0, 0.1) is 17.8 Å². The molecule has 2 fully saturated rings. The van der Waals surface area contributed by atoms with Crippen LogP contribution in [0.2, 0.25) is 5.02 Å². The van der Waals surface area contributed by atoms with Crippen molar-refractivity contribution in [1.29, 1.82) is 0 Å². The first kappa shape index (κ1) is 18.7. The molecule has 1 saturated carbocycles. The van der Waals surface area contributed by atoms with Gasteiger partial charge in [0, 0.05) is 16.3 Å². The van der Waals surface area contributed by atoms with E-state index >= 15 is 0 Å². The molecule has 3 unspecified atom stereocenters. The van der Waals surface area contributed by atoms with Crippen LogP contribution in [-0.2, 0) is 9.59 Å². The summed E-state index contributed by atoms with van der Waals surface area (Å²) < 4.78 is 0. The molecule has 0 spiro atoms. The van der Waals surface area contributed by atoms with Gasteiger partial charge in [0.2, 0.25) is 11.8 Å². The van der Waals surface area contributed by atoms with E-state index in [-0.39, 0.29) is 29.6 Å². The van der Waals surface area contributed by atoms with Gasteiger partial charge in [-0.15, -0.1) is 0 Å². The lowest BCUT2D eigenvalue weighted by Crippen LogP contribution is -2.30. The number of carbonyl (C=O) groups excluding carboxylic acids is 3. The first-order chi connectivity index (χ1) is 13.4. The highest BCUT2D eigenvalue weighted by Gasteiger charge is 2.49. The highest BCUT2D eigenvalue weighted by atomic mass is 35.5. The number of benzene rings is 2. The predicted molar refractivity (Wildman–Crippen MR) is 108 cm³/mol. The van der Waals surface area contributed by atoms with Gasteiger partial charge in [0.15, 0.2) is 0 Å². The Morgan fingerprint density at radius 2 is 1.61 bits per heavy atom. The van der Waals surface area contributed by atoms with Gasteiger partial charge in [-0.25, -0.2) is 0 Å². The van der Waals surface area contributed by atoms with Gasteiger partial charge in [0.1, 0.15) is 0 Å². The summed E-state index contributed by atoms with van der Waals surface area (Å²) in [5.74, 6) is -0.423. The maximum absolute atomic E-state index is 12.8. The molecular weight excluding hydrogens is 376 g/mol. The number of carbonyl (C=O) groups is 3. The normalized spacial score (nSPS) is 24.2. The van der Waals surface area contributed by atoms with E-state index in [1.54, 1.807) is 48.5 Å². The monoisotopic (exact) mass is 396 g/mol. The standard InChI is InChI=1S/C22H21ClN2O3/c1-13-2-11-18-19(12-13)22(28)25(21(18)27)17-9-3-14(4-10-17)20(26)24-16-7-5-15(23)6-8-16/h3-10,13,18-19H,2,11-12H2,1H3,(H,24,26). The number of halogens is 1. The Bertz CT molecular complexity index is 924. The van der Waals surface area contributed by atoms with E-state index in [4.69, 9.17) is 11.6 Å². The number of anilines is 2. The van der Waals surface area contributed by atoms with E-state index in [2.05, 4.69) is 12.2 Å². The van der Waals surface area contributed by atoms with Crippen LogP contribution in [0.25, 0.3) is 0 Å². The Balaban J connectivity index is 1.50. The summed E-state index contributed by atoms with van der Waals surface area (Å²) in [6.07, 6.45) is 2.53. The van der Waals surface area contributed by atoms with Gasteiger partial charge in [-0.1, -0.05) is 18.5 Å². The third-order valence-corrected chi connectivity index (χ3v) is 5.93. The lowest BCUT2D eigenvalue weighted by molar-refractivity contribution is -0.122. The third-order valence-electron chi connectivity index (χ3n) is 5.68. The molecule has 144 valence electrons. The van der Waals surface area contributed by atoms with Crippen molar-refractivity contribution in [2.24, 2.45) is 17.8 Å². The van der Waals surface area contributed by atoms with E-state index in [1.807, 2.05) is 0 Å². The summed E-state index contributed by atoms with van der Waals surface area (Å²) in [6.45, 7) is 2.13. The number of hydrogen-bond donors (Lipinski definition) is 1. The fourth-order valence-corrected chi connectivity index (χ4v) is 4.27. The molecule has 1 heterocycles. The highest BCUT2D eigenvalue weighted by molar-refractivity contribution is 6.30. The Hall–Kier alpha value is -2.66. The number of rotatable bonds is 3. The molecule has 1 N–H and O–H groups in total. The molecule has 1 saturated heterocycles. The van der Waals surface area contributed by atoms with Gasteiger partial charge >= 0.3 is 0 Å². The Morgan fingerprint density at radius 1 is 0.964 bits per heavy atom. The molecule has 2 aromatic carbocycles. The first-order valence-corrected chi connectivity index (χ1v) is 9.86. The van der Waals surface area contributed by atoms with Gasteiger partial charge < -0.3 is 5.32 Å². The molecular formula is C22H21ClN2O3. The van der Waals surface area contributed by atoms with E-state index in [1.165, 1.54) is 4.90 Å². The number of nitrogens with zero attached hydrogens (tertiary/aromatic N) is 1. The zero-order valence-electron chi connectivity index (χ0n) is 15.5. The van der Waals surface area contributed by atoms with E-state index < -0.39 is 0 Å². The van der Waals surface area contributed by atoms with Crippen LogP contribution >= 0.6 is 11.6 Å². The van der Waals surface area contributed by atoms with E-state index in [9.17, 15) is 14.4 Å². The van der Waals surface area contributed by atoms with E-state index in [0.717, 1.165) is 19.3 Å². The Kier molecular flexibility index (Phi) is 4.94. The van der Waals surface area contributed by atoms with Crippen LogP contribution in [0.1, 0.15) is 36.5 Å². The maximum atomic E-state index is 12.8. The quantitative estimate of drug-likeness (QED) is 0.776. The van der Waals surface area contributed by atoms with Crippen molar-refractivity contribution in [3.05, 3.63) is 59.1 Å². The van der Waals surface area contributed by atoms with Crippen LogP contribution in [0.15, 0.2) is 48.5 Å². The molecule has 2 aliphatic rings. The molecule has 6 heteroatoms. The second-order valence-electron chi connectivity index (χ2n) is 7.65. The van der Waals surface area contributed by atoms with Crippen molar-refractivity contribution >= 4 is 40.7 Å². The van der Waals surface area contributed by atoms with Crippen molar-refractivity contribution in [3.63, 3.8) is 0 Å². The van der Waals surface area contributed by atoms with Crippen LogP contribution < -0.4 is 10.2 Å². The lowest BCUT2D eigenvalue weighted by atomic mass is 9.76. The average molecular weight is 397 g/mol. The van der Waals surface area contributed by atoms with Gasteiger partial charge in [-0.3, -0.25) is 19.3 Å². The smallest absolute Gasteiger partial charge is 0.255 e. The Morgan fingerprint density at radius 3 is 2.29 bits per heavy atom. The van der Waals surface area contributed by atoms with E-state index in [0.29, 0.717) is 27.9 Å². The minimum Gasteiger partial charge on any atom is -0.322 e. The summed E-state index contributed by atoms with van der Waals surface area (Å²) in [5, 5.41) is 3.39. The third kappa shape index (κ3) is 3.42. The number of fused-ring (bicyclic) bond motifs is 1. The van der Waals surface area contributed by atoms with Crippen molar-refractivity contribution in [1.82, 2.24) is 0 Å². The minimum absolute atomic E-state index is 0.111. The van der Waals surface area contributed by atoms with Crippen molar-refractivity contribution < 1.29 is 14.4 Å². The number of hydrogen-bond acceptors (Lipinski definition) is 3. The summed E-state index contributed by atoms with van der Waals surface area (Å²) in [7, 11) is 0. The first-order valence-electron chi connectivity index (χ1n) is 9.49. The summed E-state index contributed by atoms with van der Waals surface area (Å²) in [5.41, 5.74) is 1.62. The fourth-order valence-electron chi connectivity index (χ4n) is 4.14. The number of amides is 3. The summed E-state index contributed by atoms with van der Waals surface area (Å²) in [4.78, 5) is 39.3. The van der Waals surface area contributed by atoms with Gasteiger partial charge in [-0.05, 0) is 73.7 Å². The highest BCUT2D eigenvalue weighted by Crippen LogP contribution is 2.42. The molecule has 28 heavy (non-hydrogen) atoms. The summed E-state index contributed by atoms with van der Waals surface area (Å²) >= 11 is 5.85. The molecule has 1 aliphatic carbocycles. The predicted octanol–water partition coefficient (Wildman–Crippen LogP) is 4.52. The molecule has 3 amide bonds.